The van der Waals surface area contributed by atoms with Crippen LogP contribution in [0, 0.1) is 0 Å². The van der Waals surface area contributed by atoms with Crippen molar-refractivity contribution in [2.24, 2.45) is 0 Å². The van der Waals surface area contributed by atoms with Gasteiger partial charge in [0.25, 0.3) is 10.0 Å². The highest BCUT2D eigenvalue weighted by Gasteiger charge is 2.22. The number of carbonyl (C=O) groups is 1. The Kier molecular flexibility index (Phi) is 5.67. The standard InChI is InChI=1S/C19H24N4O3S/c1-15(24)20-16-7-9-17(10-8-16)27(25,26)21-18-5-3-4-6-19(18)23-13-11-22(2)12-14-23/h3-10,21H,11-14H2,1-2H3,(H,20,24)/p+1. The van der Waals surface area contributed by atoms with E-state index in [1.54, 1.807) is 18.2 Å². The second-order valence-electron chi connectivity index (χ2n) is 6.77. The predicted octanol–water partition coefficient (Wildman–Crippen LogP) is 0.781. The minimum atomic E-state index is -3.73. The first-order chi connectivity index (χ1) is 12.8. The lowest BCUT2D eigenvalue weighted by molar-refractivity contribution is -0.880. The predicted molar refractivity (Wildman–Crippen MR) is 107 cm³/mol. The molecule has 2 aromatic carbocycles. The van der Waals surface area contributed by atoms with Crippen molar-refractivity contribution >= 4 is 33.0 Å². The van der Waals surface area contributed by atoms with Gasteiger partial charge in [-0.05, 0) is 36.4 Å². The number of sulfonamides is 1. The summed E-state index contributed by atoms with van der Waals surface area (Å²) >= 11 is 0. The van der Waals surface area contributed by atoms with Gasteiger partial charge in [-0.1, -0.05) is 12.1 Å². The average Bonchev–Trinajstić information content (AvgIpc) is 2.63. The number of amides is 1. The largest absolute Gasteiger partial charge is 0.359 e. The first kappa shape index (κ1) is 19.2. The van der Waals surface area contributed by atoms with Gasteiger partial charge < -0.3 is 15.1 Å². The molecule has 144 valence electrons. The van der Waals surface area contributed by atoms with E-state index in [0.29, 0.717) is 11.4 Å². The summed E-state index contributed by atoms with van der Waals surface area (Å²) in [5.41, 5.74) is 2.02. The van der Waals surface area contributed by atoms with Crippen LogP contribution in [0.25, 0.3) is 0 Å². The van der Waals surface area contributed by atoms with Gasteiger partial charge in [-0.25, -0.2) is 8.42 Å². The Morgan fingerprint density at radius 2 is 1.67 bits per heavy atom. The maximum Gasteiger partial charge on any atom is 0.261 e. The lowest BCUT2D eigenvalue weighted by Gasteiger charge is -2.33. The molecule has 1 saturated heterocycles. The fourth-order valence-corrected chi connectivity index (χ4v) is 4.16. The van der Waals surface area contributed by atoms with Crippen LogP contribution in [0.2, 0.25) is 0 Å². The quantitative estimate of drug-likeness (QED) is 0.706. The van der Waals surface area contributed by atoms with Crippen LogP contribution in [0.5, 0.6) is 0 Å². The zero-order chi connectivity index (χ0) is 19.4. The van der Waals surface area contributed by atoms with Gasteiger partial charge in [0.1, 0.15) is 0 Å². The third-order valence-corrected chi connectivity index (χ3v) is 5.97. The highest BCUT2D eigenvalue weighted by Crippen LogP contribution is 2.28. The molecule has 0 radical (unpaired) electrons. The molecule has 0 spiro atoms. The van der Waals surface area contributed by atoms with Crippen molar-refractivity contribution in [2.75, 3.05) is 48.2 Å². The van der Waals surface area contributed by atoms with E-state index in [0.717, 1.165) is 31.9 Å². The SMILES string of the molecule is CC(=O)Nc1ccc(S(=O)(=O)Nc2ccccc2N2CC[NH+](C)CC2)cc1. The number of anilines is 3. The summed E-state index contributed by atoms with van der Waals surface area (Å²) in [6, 6.07) is 13.6. The summed E-state index contributed by atoms with van der Waals surface area (Å²) in [5.74, 6) is -0.202. The molecule has 1 aliphatic rings. The molecule has 0 atom stereocenters. The minimum Gasteiger partial charge on any atom is -0.359 e. The minimum absolute atomic E-state index is 0.147. The number of rotatable bonds is 5. The van der Waals surface area contributed by atoms with Crippen molar-refractivity contribution in [1.82, 2.24) is 0 Å². The zero-order valence-electron chi connectivity index (χ0n) is 15.5. The first-order valence-corrected chi connectivity index (χ1v) is 10.4. The monoisotopic (exact) mass is 389 g/mol. The fourth-order valence-electron chi connectivity index (χ4n) is 3.09. The third kappa shape index (κ3) is 4.78. The number of quaternary nitrogens is 1. The van der Waals surface area contributed by atoms with Gasteiger partial charge in [0.15, 0.2) is 0 Å². The number of likely N-dealkylation sites (N-methyl/N-ethyl adjacent to an activating group) is 1. The Bertz CT molecular complexity index is 905. The Hall–Kier alpha value is -2.58. The highest BCUT2D eigenvalue weighted by molar-refractivity contribution is 7.92. The summed E-state index contributed by atoms with van der Waals surface area (Å²) in [4.78, 5) is 14.9. The number of nitrogens with zero attached hydrogens (tertiary/aromatic N) is 1. The third-order valence-electron chi connectivity index (χ3n) is 4.59. The van der Waals surface area contributed by atoms with Gasteiger partial charge in [-0.2, -0.15) is 0 Å². The van der Waals surface area contributed by atoms with Crippen LogP contribution >= 0.6 is 0 Å². The molecule has 3 N–H and O–H groups in total. The summed E-state index contributed by atoms with van der Waals surface area (Å²) < 4.78 is 28.3. The fraction of sp³-hybridized carbons (Fsp3) is 0.316. The molecule has 0 aromatic heterocycles. The Morgan fingerprint density at radius 3 is 2.30 bits per heavy atom. The number of carbonyl (C=O) groups excluding carboxylic acids is 1. The van der Waals surface area contributed by atoms with Crippen LogP contribution in [0.15, 0.2) is 53.4 Å². The molecule has 0 aliphatic carbocycles. The van der Waals surface area contributed by atoms with Crippen LogP contribution in [-0.4, -0.2) is 47.6 Å². The van der Waals surface area contributed by atoms with Crippen LogP contribution in [-0.2, 0) is 14.8 Å². The van der Waals surface area contributed by atoms with Crippen molar-refractivity contribution in [3.8, 4) is 0 Å². The Balaban J connectivity index is 1.81. The molecule has 0 saturated carbocycles. The Labute approximate surface area is 160 Å². The van der Waals surface area contributed by atoms with E-state index in [-0.39, 0.29) is 10.8 Å². The molecular weight excluding hydrogens is 364 g/mol. The zero-order valence-corrected chi connectivity index (χ0v) is 16.3. The molecule has 7 nitrogen and oxygen atoms in total. The molecule has 3 rings (SSSR count). The van der Waals surface area contributed by atoms with Gasteiger partial charge in [0.05, 0.1) is 49.5 Å². The average molecular weight is 390 g/mol. The van der Waals surface area contributed by atoms with Gasteiger partial charge in [0.2, 0.25) is 5.91 Å². The van der Waals surface area contributed by atoms with E-state index in [2.05, 4.69) is 22.0 Å². The van der Waals surface area contributed by atoms with Crippen LogP contribution in [0.1, 0.15) is 6.92 Å². The van der Waals surface area contributed by atoms with Crippen LogP contribution in [0.4, 0.5) is 17.1 Å². The van der Waals surface area contributed by atoms with Crippen molar-refractivity contribution in [3.05, 3.63) is 48.5 Å². The number of benzene rings is 2. The molecule has 1 fully saturated rings. The summed E-state index contributed by atoms with van der Waals surface area (Å²) in [7, 11) is -1.56. The molecule has 1 aliphatic heterocycles. The van der Waals surface area contributed by atoms with Gasteiger partial charge >= 0.3 is 0 Å². The second kappa shape index (κ2) is 7.98. The second-order valence-corrected chi connectivity index (χ2v) is 8.45. The molecule has 0 bridgehead atoms. The van der Waals surface area contributed by atoms with Gasteiger partial charge in [0, 0.05) is 12.6 Å². The van der Waals surface area contributed by atoms with Crippen molar-refractivity contribution < 1.29 is 18.1 Å². The number of piperazine rings is 1. The van der Waals surface area contributed by atoms with Crippen molar-refractivity contribution in [2.45, 2.75) is 11.8 Å². The molecular formula is C19H25N4O3S+. The van der Waals surface area contributed by atoms with Crippen LogP contribution < -0.4 is 19.8 Å². The van der Waals surface area contributed by atoms with Crippen LogP contribution in [0.3, 0.4) is 0 Å². The van der Waals surface area contributed by atoms with E-state index in [1.807, 2.05) is 18.2 Å². The molecule has 8 heteroatoms. The number of nitrogens with one attached hydrogen (secondary N) is 3. The molecule has 1 heterocycles. The Morgan fingerprint density at radius 1 is 1.04 bits per heavy atom. The molecule has 2 aromatic rings. The first-order valence-electron chi connectivity index (χ1n) is 8.91. The molecule has 27 heavy (non-hydrogen) atoms. The van der Waals surface area contributed by atoms with E-state index >= 15 is 0 Å². The smallest absolute Gasteiger partial charge is 0.261 e. The van der Waals surface area contributed by atoms with Gasteiger partial charge in [-0.3, -0.25) is 9.52 Å². The maximum atomic E-state index is 12.8. The molecule has 1 amide bonds. The summed E-state index contributed by atoms with van der Waals surface area (Å²) in [6.45, 7) is 5.21. The topological polar surface area (TPSA) is 82.9 Å². The van der Waals surface area contributed by atoms with Crippen molar-refractivity contribution in [3.63, 3.8) is 0 Å². The molecule has 0 unspecified atom stereocenters. The van der Waals surface area contributed by atoms with Crippen molar-refractivity contribution in [1.29, 1.82) is 0 Å². The lowest BCUT2D eigenvalue weighted by Crippen LogP contribution is -3.12. The van der Waals surface area contributed by atoms with E-state index in [9.17, 15) is 13.2 Å². The van der Waals surface area contributed by atoms with E-state index < -0.39 is 10.0 Å². The van der Waals surface area contributed by atoms with E-state index in [1.165, 1.54) is 24.0 Å². The van der Waals surface area contributed by atoms with Gasteiger partial charge in [-0.15, -0.1) is 0 Å². The number of para-hydroxylation sites is 2. The number of hydrogen-bond donors (Lipinski definition) is 3. The highest BCUT2D eigenvalue weighted by atomic mass is 32.2. The lowest BCUT2D eigenvalue weighted by atomic mass is 10.2. The number of hydrogen-bond acceptors (Lipinski definition) is 4. The van der Waals surface area contributed by atoms with E-state index in [4.69, 9.17) is 0 Å². The normalized spacial score (nSPS) is 15.4. The summed E-state index contributed by atoms with van der Waals surface area (Å²) in [5, 5.41) is 2.63. The summed E-state index contributed by atoms with van der Waals surface area (Å²) in [6.07, 6.45) is 0. The maximum absolute atomic E-state index is 12.8.